The van der Waals surface area contributed by atoms with Gasteiger partial charge in [0.25, 0.3) is 11.8 Å². The fraction of sp³-hybridized carbons (Fsp3) is 0.396. The lowest BCUT2D eigenvalue weighted by Gasteiger charge is -2.43. The molecular formula is C48H50F2N8O5. The Morgan fingerprint density at radius 3 is 2.43 bits per heavy atom. The SMILES string of the molecule is O=C1CCC(N2Cc3cc(C4CN(CC5CCN(c6ccc(C(=O)Nc7n[nH]c8ccc(Cc9cc(F)cc(F)c9)cc78)c(NC7CCOCC7)c6)CC5)C4)ccc3C2=O)C(=O)N1. The first kappa shape index (κ1) is 40.9. The number of benzene rings is 4. The van der Waals surface area contributed by atoms with E-state index in [1.807, 2.05) is 36.4 Å². The Morgan fingerprint density at radius 1 is 0.857 bits per heavy atom. The number of piperidine rings is 2. The number of rotatable bonds is 11. The summed E-state index contributed by atoms with van der Waals surface area (Å²) in [6.07, 6.45) is 4.72. The van der Waals surface area contributed by atoms with Crippen molar-refractivity contribution < 1.29 is 32.7 Å². The summed E-state index contributed by atoms with van der Waals surface area (Å²) in [6.45, 7) is 6.52. The number of nitrogens with zero attached hydrogens (tertiary/aromatic N) is 4. The fourth-order valence-corrected chi connectivity index (χ4v) is 10.0. The number of hydrogen-bond donors (Lipinski definition) is 4. The summed E-state index contributed by atoms with van der Waals surface area (Å²) < 4.78 is 33.4. The van der Waals surface area contributed by atoms with E-state index in [-0.39, 0.29) is 30.2 Å². The van der Waals surface area contributed by atoms with Gasteiger partial charge in [-0.1, -0.05) is 18.2 Å². The highest BCUT2D eigenvalue weighted by Gasteiger charge is 2.40. The van der Waals surface area contributed by atoms with E-state index in [2.05, 4.69) is 54.1 Å². The van der Waals surface area contributed by atoms with Crippen molar-refractivity contribution in [3.63, 3.8) is 0 Å². The molecule has 1 aromatic heterocycles. The van der Waals surface area contributed by atoms with Crippen LogP contribution in [0.3, 0.4) is 0 Å². The van der Waals surface area contributed by atoms with Crippen LogP contribution in [0.5, 0.6) is 0 Å². The van der Waals surface area contributed by atoms with E-state index >= 15 is 0 Å². The second-order valence-corrected chi connectivity index (χ2v) is 17.8. The number of ether oxygens (including phenoxy) is 1. The van der Waals surface area contributed by atoms with Crippen molar-refractivity contribution in [1.29, 1.82) is 0 Å². The lowest BCUT2D eigenvalue weighted by molar-refractivity contribution is -0.136. The molecule has 0 spiro atoms. The minimum Gasteiger partial charge on any atom is -0.381 e. The highest BCUT2D eigenvalue weighted by molar-refractivity contribution is 6.11. The molecule has 4 fully saturated rings. The number of amides is 4. The standard InChI is InChI=1S/C48H50F2N8O5/c49-34-18-30(19-35(50)22-34)17-29-1-6-41-40(20-29)45(55-54-41)53-46(60)39-5-3-37(23-42(39)51-36-11-15-63-16-12-36)57-13-9-28(10-14-57)24-56-25-33(26-56)31-2-4-38-32(21-31)27-58(48(38)62)43-7-8-44(59)52-47(43)61/h1-6,18-23,28,33,36,43,51H,7-17,24-27H2,(H,52,59,61)(H2,53,54,55,60). The minimum atomic E-state index is -0.626. The molecule has 4 amide bonds. The first-order valence-corrected chi connectivity index (χ1v) is 22.1. The number of halogens is 2. The molecule has 5 aliphatic heterocycles. The second kappa shape index (κ2) is 17.2. The summed E-state index contributed by atoms with van der Waals surface area (Å²) in [5.74, 6) is -1.02. The Kier molecular flexibility index (Phi) is 11.1. The number of hydrogen-bond acceptors (Lipinski definition) is 9. The highest BCUT2D eigenvalue weighted by Crippen LogP contribution is 2.36. The molecule has 326 valence electrons. The Balaban J connectivity index is 0.760. The van der Waals surface area contributed by atoms with Gasteiger partial charge in [-0.3, -0.25) is 29.6 Å². The van der Waals surface area contributed by atoms with Crippen molar-refractivity contribution in [3.8, 4) is 0 Å². The summed E-state index contributed by atoms with van der Waals surface area (Å²) in [5.41, 5.74) is 7.23. The van der Waals surface area contributed by atoms with Gasteiger partial charge < -0.3 is 30.1 Å². The number of fused-ring (bicyclic) bond motifs is 2. The number of nitrogens with one attached hydrogen (secondary N) is 4. The Bertz CT molecular complexity index is 2580. The Hall–Kier alpha value is -6.19. The molecule has 1 unspecified atom stereocenters. The topological polar surface area (TPSA) is 152 Å². The predicted molar refractivity (Wildman–Crippen MR) is 234 cm³/mol. The minimum absolute atomic E-state index is 0.142. The van der Waals surface area contributed by atoms with E-state index in [0.29, 0.717) is 72.3 Å². The highest BCUT2D eigenvalue weighted by atomic mass is 19.1. The van der Waals surface area contributed by atoms with E-state index in [4.69, 9.17) is 4.74 Å². The smallest absolute Gasteiger partial charge is 0.258 e. The summed E-state index contributed by atoms with van der Waals surface area (Å²) in [7, 11) is 0. The third-order valence-electron chi connectivity index (χ3n) is 13.5. The van der Waals surface area contributed by atoms with Gasteiger partial charge in [0.05, 0.1) is 11.1 Å². The molecule has 4 N–H and O–H groups in total. The molecule has 63 heavy (non-hydrogen) atoms. The molecule has 5 aliphatic rings. The fourth-order valence-electron chi connectivity index (χ4n) is 10.0. The molecule has 0 bridgehead atoms. The van der Waals surface area contributed by atoms with Crippen LogP contribution in [0.1, 0.15) is 87.4 Å². The molecule has 4 aromatic carbocycles. The van der Waals surface area contributed by atoms with E-state index in [1.165, 1.54) is 17.7 Å². The van der Waals surface area contributed by atoms with Gasteiger partial charge in [0.2, 0.25) is 11.8 Å². The van der Waals surface area contributed by atoms with Crippen LogP contribution >= 0.6 is 0 Å². The van der Waals surface area contributed by atoms with Gasteiger partial charge in [0.1, 0.15) is 17.7 Å². The number of aromatic amines is 1. The lowest BCUT2D eigenvalue weighted by atomic mass is 9.87. The molecule has 0 aliphatic carbocycles. The number of carbonyl (C=O) groups excluding carboxylic acids is 4. The van der Waals surface area contributed by atoms with Gasteiger partial charge in [0.15, 0.2) is 5.82 Å². The van der Waals surface area contributed by atoms with Crippen molar-refractivity contribution in [2.45, 2.75) is 69.5 Å². The maximum atomic E-state index is 14.0. The Morgan fingerprint density at radius 2 is 1.65 bits per heavy atom. The zero-order valence-electron chi connectivity index (χ0n) is 34.9. The molecule has 0 radical (unpaired) electrons. The summed E-state index contributed by atoms with van der Waals surface area (Å²) in [4.78, 5) is 57.9. The normalized spacial score (nSPS) is 20.2. The maximum absolute atomic E-state index is 14.0. The zero-order chi connectivity index (χ0) is 43.2. The van der Waals surface area contributed by atoms with E-state index in [1.54, 1.807) is 4.90 Å². The molecule has 10 rings (SSSR count). The monoisotopic (exact) mass is 856 g/mol. The van der Waals surface area contributed by atoms with Crippen LogP contribution < -0.4 is 20.9 Å². The van der Waals surface area contributed by atoms with Gasteiger partial charge in [-0.05, 0) is 115 Å². The quantitative estimate of drug-likeness (QED) is 0.111. The molecule has 13 nitrogen and oxygen atoms in total. The van der Waals surface area contributed by atoms with Crippen LogP contribution in [0.15, 0.2) is 72.8 Å². The van der Waals surface area contributed by atoms with Crippen molar-refractivity contribution in [1.82, 2.24) is 25.3 Å². The van der Waals surface area contributed by atoms with Crippen molar-refractivity contribution in [2.24, 2.45) is 5.92 Å². The van der Waals surface area contributed by atoms with E-state index < -0.39 is 23.6 Å². The van der Waals surface area contributed by atoms with Gasteiger partial charge in [-0.2, -0.15) is 5.10 Å². The van der Waals surface area contributed by atoms with E-state index in [0.717, 1.165) is 92.5 Å². The molecule has 1 atom stereocenters. The van der Waals surface area contributed by atoms with Crippen molar-refractivity contribution in [3.05, 3.63) is 118 Å². The largest absolute Gasteiger partial charge is 0.381 e. The number of imide groups is 1. The maximum Gasteiger partial charge on any atom is 0.258 e. The van der Waals surface area contributed by atoms with Crippen LogP contribution in [0.4, 0.5) is 26.0 Å². The first-order valence-electron chi connectivity index (χ1n) is 22.1. The molecule has 6 heterocycles. The third kappa shape index (κ3) is 8.63. The first-order chi connectivity index (χ1) is 30.6. The number of carbonyl (C=O) groups is 4. The third-order valence-corrected chi connectivity index (χ3v) is 13.5. The van der Waals surface area contributed by atoms with Crippen LogP contribution in [-0.4, -0.2) is 102 Å². The number of anilines is 3. The predicted octanol–water partition coefficient (Wildman–Crippen LogP) is 6.35. The summed E-state index contributed by atoms with van der Waals surface area (Å²) in [6, 6.07) is 20.8. The molecule has 15 heteroatoms. The van der Waals surface area contributed by atoms with Crippen LogP contribution in [0, 0.1) is 17.6 Å². The van der Waals surface area contributed by atoms with Crippen LogP contribution in [-0.2, 0) is 27.3 Å². The van der Waals surface area contributed by atoms with Crippen molar-refractivity contribution in [2.75, 3.05) is 61.5 Å². The Labute approximate surface area is 363 Å². The van der Waals surface area contributed by atoms with Crippen LogP contribution in [0.2, 0.25) is 0 Å². The number of likely N-dealkylation sites (tertiary alicyclic amines) is 1. The van der Waals surface area contributed by atoms with E-state index in [9.17, 15) is 28.0 Å². The van der Waals surface area contributed by atoms with Gasteiger partial charge in [0, 0.05) is 99.3 Å². The summed E-state index contributed by atoms with van der Waals surface area (Å²) in [5, 5.41) is 17.2. The molecular weight excluding hydrogens is 807 g/mol. The number of H-pyrrole nitrogens is 1. The average Bonchev–Trinajstić information content (AvgIpc) is 3.81. The zero-order valence-corrected chi connectivity index (χ0v) is 34.9. The summed E-state index contributed by atoms with van der Waals surface area (Å²) >= 11 is 0. The van der Waals surface area contributed by atoms with Gasteiger partial charge in [-0.15, -0.1) is 0 Å². The lowest BCUT2D eigenvalue weighted by Crippen LogP contribution is -2.52. The average molecular weight is 857 g/mol. The van der Waals surface area contributed by atoms with Gasteiger partial charge >= 0.3 is 0 Å². The number of aromatic nitrogens is 2. The molecule has 0 saturated carbocycles. The molecule has 5 aromatic rings. The molecule has 4 saturated heterocycles. The van der Waals surface area contributed by atoms with Crippen molar-refractivity contribution >= 4 is 51.7 Å². The van der Waals surface area contributed by atoms with Crippen LogP contribution in [0.25, 0.3) is 10.9 Å². The second-order valence-electron chi connectivity index (χ2n) is 17.8. The van der Waals surface area contributed by atoms with Gasteiger partial charge in [-0.25, -0.2) is 8.78 Å².